The maximum absolute atomic E-state index is 12.4. The van der Waals surface area contributed by atoms with Gasteiger partial charge in [0.05, 0.1) is 6.04 Å². The van der Waals surface area contributed by atoms with E-state index in [2.05, 4.69) is 10.6 Å². The Morgan fingerprint density at radius 2 is 2.05 bits per heavy atom. The third kappa shape index (κ3) is 3.68. The van der Waals surface area contributed by atoms with Crippen LogP contribution in [-0.4, -0.2) is 19.5 Å². The third-order valence-electron chi connectivity index (χ3n) is 3.22. The van der Waals surface area contributed by atoms with Crippen LogP contribution in [0.1, 0.15) is 33.8 Å². The summed E-state index contributed by atoms with van der Waals surface area (Å²) in [5.74, 6) is -0.00222. The zero-order valence-electron chi connectivity index (χ0n) is 11.8. The average Bonchev–Trinajstić information content (AvgIpc) is 2.99. The summed E-state index contributed by atoms with van der Waals surface area (Å²) in [6.07, 6.45) is 0.855. The molecule has 0 spiro atoms. The Bertz CT molecular complexity index is 551. The molecule has 2 N–H and O–H groups in total. The van der Waals surface area contributed by atoms with Gasteiger partial charge in [0.2, 0.25) is 0 Å². The lowest BCUT2D eigenvalue weighted by Crippen LogP contribution is -2.27. The lowest BCUT2D eigenvalue weighted by molar-refractivity contribution is 0.0939. The van der Waals surface area contributed by atoms with Crippen molar-refractivity contribution in [2.45, 2.75) is 19.4 Å². The molecule has 0 aliphatic heterocycles. The van der Waals surface area contributed by atoms with Crippen LogP contribution >= 0.6 is 11.3 Å². The second-order valence-electron chi connectivity index (χ2n) is 4.72. The number of amides is 1. The summed E-state index contributed by atoms with van der Waals surface area (Å²) in [7, 11) is 1.92. The predicted octanol–water partition coefficient (Wildman–Crippen LogP) is 3.00. The van der Waals surface area contributed by atoms with E-state index in [1.165, 1.54) is 4.88 Å². The van der Waals surface area contributed by atoms with E-state index in [0.717, 1.165) is 24.1 Å². The van der Waals surface area contributed by atoms with Crippen molar-refractivity contribution in [1.82, 2.24) is 10.6 Å². The van der Waals surface area contributed by atoms with E-state index in [0.29, 0.717) is 0 Å². The summed E-state index contributed by atoms with van der Waals surface area (Å²) in [6, 6.07) is 11.9. The minimum atomic E-state index is -0.00222. The Balaban J connectivity index is 2.09. The number of hydrogen-bond donors (Lipinski definition) is 2. The van der Waals surface area contributed by atoms with Crippen LogP contribution in [-0.2, 0) is 6.42 Å². The normalized spacial score (nSPS) is 12.1. The van der Waals surface area contributed by atoms with E-state index in [9.17, 15) is 4.79 Å². The first-order chi connectivity index (χ1) is 9.72. The van der Waals surface area contributed by atoms with Gasteiger partial charge in [-0.3, -0.25) is 4.79 Å². The molecule has 0 aliphatic carbocycles. The highest BCUT2D eigenvalue weighted by atomic mass is 32.1. The van der Waals surface area contributed by atoms with Crippen LogP contribution in [0.4, 0.5) is 0 Å². The molecule has 0 saturated heterocycles. The van der Waals surface area contributed by atoms with Crippen molar-refractivity contribution in [3.05, 3.63) is 57.8 Å². The van der Waals surface area contributed by atoms with Crippen molar-refractivity contribution in [3.63, 3.8) is 0 Å². The molecule has 0 radical (unpaired) electrons. The zero-order valence-corrected chi connectivity index (χ0v) is 12.7. The van der Waals surface area contributed by atoms with E-state index in [1.807, 2.05) is 55.7 Å². The zero-order chi connectivity index (χ0) is 14.4. The molecule has 1 aromatic carbocycles. The molecule has 0 saturated carbocycles. The van der Waals surface area contributed by atoms with Gasteiger partial charge in [-0.05, 0) is 50.0 Å². The van der Waals surface area contributed by atoms with Gasteiger partial charge in [-0.15, -0.1) is 11.3 Å². The minimum Gasteiger partial charge on any atom is -0.345 e. The number of carbonyl (C=O) groups is 1. The molecule has 1 heterocycles. The second kappa shape index (κ2) is 7.22. The molecule has 1 aromatic heterocycles. The Morgan fingerprint density at radius 3 is 2.75 bits per heavy atom. The van der Waals surface area contributed by atoms with Crippen LogP contribution < -0.4 is 10.6 Å². The maximum atomic E-state index is 12.4. The van der Waals surface area contributed by atoms with Crippen LogP contribution in [0, 0.1) is 0 Å². The van der Waals surface area contributed by atoms with Gasteiger partial charge >= 0.3 is 0 Å². The largest absolute Gasteiger partial charge is 0.345 e. The molecule has 4 heteroatoms. The first kappa shape index (κ1) is 14.8. The van der Waals surface area contributed by atoms with Gasteiger partial charge in [-0.25, -0.2) is 0 Å². The number of nitrogens with one attached hydrogen (secondary N) is 2. The minimum absolute atomic E-state index is 0.00222. The summed E-state index contributed by atoms with van der Waals surface area (Å²) in [5.41, 5.74) is 1.85. The van der Waals surface area contributed by atoms with Crippen molar-refractivity contribution in [3.8, 4) is 0 Å². The highest BCUT2D eigenvalue weighted by Gasteiger charge is 2.14. The highest BCUT2D eigenvalue weighted by Crippen LogP contribution is 2.19. The van der Waals surface area contributed by atoms with Crippen LogP contribution in [0.15, 0.2) is 41.8 Å². The van der Waals surface area contributed by atoms with E-state index in [-0.39, 0.29) is 11.9 Å². The molecule has 3 nitrogen and oxygen atoms in total. The van der Waals surface area contributed by atoms with E-state index < -0.39 is 0 Å². The van der Waals surface area contributed by atoms with Crippen molar-refractivity contribution in [2.75, 3.05) is 13.6 Å². The lowest BCUT2D eigenvalue weighted by Gasteiger charge is -2.14. The molecule has 2 aromatic rings. The van der Waals surface area contributed by atoms with Gasteiger partial charge in [0.15, 0.2) is 0 Å². The fourth-order valence-corrected chi connectivity index (χ4v) is 2.84. The number of carbonyl (C=O) groups excluding carboxylic acids is 1. The Labute approximate surface area is 124 Å². The van der Waals surface area contributed by atoms with E-state index in [1.54, 1.807) is 11.3 Å². The van der Waals surface area contributed by atoms with Crippen LogP contribution in [0.25, 0.3) is 0 Å². The monoisotopic (exact) mass is 288 g/mol. The standard InChI is InChI=1S/C16H20N2OS/c1-12(15-8-5-11-20-15)18-16(19)14-7-4-3-6-13(14)9-10-17-2/h3-8,11-12,17H,9-10H2,1-2H3,(H,18,19)/t12-/m0/s1. The summed E-state index contributed by atoms with van der Waals surface area (Å²) in [6.45, 7) is 2.88. The molecule has 0 unspecified atom stereocenters. The molecule has 0 fully saturated rings. The number of rotatable bonds is 6. The first-order valence-electron chi connectivity index (χ1n) is 6.79. The third-order valence-corrected chi connectivity index (χ3v) is 4.28. The second-order valence-corrected chi connectivity index (χ2v) is 5.70. The smallest absolute Gasteiger partial charge is 0.252 e. The van der Waals surface area contributed by atoms with Gasteiger partial charge in [-0.2, -0.15) is 0 Å². The topological polar surface area (TPSA) is 41.1 Å². The first-order valence-corrected chi connectivity index (χ1v) is 7.67. The molecule has 0 bridgehead atoms. The van der Waals surface area contributed by atoms with E-state index in [4.69, 9.17) is 0 Å². The molecule has 1 amide bonds. The summed E-state index contributed by atoms with van der Waals surface area (Å²) < 4.78 is 0. The predicted molar refractivity (Wildman–Crippen MR) is 84.3 cm³/mol. The molecule has 106 valence electrons. The maximum Gasteiger partial charge on any atom is 0.252 e. The summed E-state index contributed by atoms with van der Waals surface area (Å²) in [5, 5.41) is 8.21. The summed E-state index contributed by atoms with van der Waals surface area (Å²) in [4.78, 5) is 13.6. The number of hydrogen-bond acceptors (Lipinski definition) is 3. The number of thiophene rings is 1. The van der Waals surface area contributed by atoms with Gasteiger partial charge < -0.3 is 10.6 Å². The molecule has 20 heavy (non-hydrogen) atoms. The van der Waals surface area contributed by atoms with Gasteiger partial charge in [0, 0.05) is 10.4 Å². The lowest BCUT2D eigenvalue weighted by atomic mass is 10.0. The van der Waals surface area contributed by atoms with Crippen LogP contribution in [0.5, 0.6) is 0 Å². The molecular weight excluding hydrogens is 268 g/mol. The highest BCUT2D eigenvalue weighted by molar-refractivity contribution is 7.10. The quantitative estimate of drug-likeness (QED) is 0.858. The molecule has 2 rings (SSSR count). The number of likely N-dealkylation sites (N-methyl/N-ethyl adjacent to an activating group) is 1. The Hall–Kier alpha value is -1.65. The fourth-order valence-electron chi connectivity index (χ4n) is 2.10. The molecule has 0 aliphatic rings. The Kier molecular flexibility index (Phi) is 5.32. The van der Waals surface area contributed by atoms with Crippen LogP contribution in [0.2, 0.25) is 0 Å². The van der Waals surface area contributed by atoms with Gasteiger partial charge in [0.1, 0.15) is 0 Å². The van der Waals surface area contributed by atoms with Crippen molar-refractivity contribution >= 4 is 17.2 Å². The average molecular weight is 288 g/mol. The van der Waals surface area contributed by atoms with Crippen molar-refractivity contribution in [2.24, 2.45) is 0 Å². The van der Waals surface area contributed by atoms with Crippen molar-refractivity contribution < 1.29 is 4.79 Å². The number of benzene rings is 1. The van der Waals surface area contributed by atoms with E-state index >= 15 is 0 Å². The Morgan fingerprint density at radius 1 is 1.25 bits per heavy atom. The van der Waals surface area contributed by atoms with Crippen molar-refractivity contribution in [1.29, 1.82) is 0 Å². The summed E-state index contributed by atoms with van der Waals surface area (Å²) >= 11 is 1.66. The fraction of sp³-hybridized carbons (Fsp3) is 0.312. The SMILES string of the molecule is CNCCc1ccccc1C(=O)N[C@@H](C)c1cccs1. The van der Waals surface area contributed by atoms with Gasteiger partial charge in [0.25, 0.3) is 5.91 Å². The van der Waals surface area contributed by atoms with Gasteiger partial charge in [-0.1, -0.05) is 24.3 Å². The molecular formula is C16H20N2OS. The molecule has 1 atom stereocenters. The van der Waals surface area contributed by atoms with Crippen LogP contribution in [0.3, 0.4) is 0 Å².